The second-order valence-electron chi connectivity index (χ2n) is 5.53. The maximum Gasteiger partial charge on any atom is 0.160 e. The van der Waals surface area contributed by atoms with Gasteiger partial charge in [0, 0.05) is 23.1 Å². The molecule has 0 unspecified atom stereocenters. The van der Waals surface area contributed by atoms with Crippen molar-refractivity contribution in [1.29, 1.82) is 0 Å². The molecule has 0 radical (unpaired) electrons. The molecule has 1 fully saturated rings. The van der Waals surface area contributed by atoms with Crippen molar-refractivity contribution in [3.63, 3.8) is 0 Å². The lowest BCUT2D eigenvalue weighted by Crippen LogP contribution is -1.99. The first-order chi connectivity index (χ1) is 10.7. The molecular formula is C16H12F3N3. The van der Waals surface area contributed by atoms with Crippen LogP contribution >= 0.6 is 0 Å². The topological polar surface area (TPSA) is 30.7 Å². The van der Waals surface area contributed by atoms with Gasteiger partial charge < -0.3 is 4.57 Å². The molecule has 0 N–H and O–H groups in total. The largest absolute Gasteiger partial charge is 0.337 e. The Balaban J connectivity index is 1.98. The first kappa shape index (κ1) is 13.3. The fourth-order valence-electron chi connectivity index (χ4n) is 2.79. The average molecular weight is 303 g/mol. The van der Waals surface area contributed by atoms with E-state index in [-0.39, 0.29) is 11.7 Å². The first-order valence-electron chi connectivity index (χ1n) is 7.05. The van der Waals surface area contributed by atoms with Crippen molar-refractivity contribution < 1.29 is 13.2 Å². The van der Waals surface area contributed by atoms with Crippen molar-refractivity contribution >= 4 is 10.9 Å². The summed E-state index contributed by atoms with van der Waals surface area (Å²) in [5.74, 6) is -1.74. The van der Waals surface area contributed by atoms with Gasteiger partial charge in [-0.2, -0.15) is 10.2 Å². The first-order valence-corrected chi connectivity index (χ1v) is 7.05. The number of hydrogen-bond donors (Lipinski definition) is 0. The summed E-state index contributed by atoms with van der Waals surface area (Å²) in [6, 6.07) is 6.08. The molecule has 3 aromatic rings. The maximum atomic E-state index is 13.6. The van der Waals surface area contributed by atoms with Gasteiger partial charge in [-0.3, -0.25) is 0 Å². The molecule has 0 atom stereocenters. The Labute approximate surface area is 124 Å². The van der Waals surface area contributed by atoms with Crippen LogP contribution < -0.4 is 0 Å². The highest BCUT2D eigenvalue weighted by Gasteiger charge is 2.28. The normalized spacial score (nSPS) is 14.7. The van der Waals surface area contributed by atoms with E-state index in [1.165, 1.54) is 12.1 Å². The molecule has 1 aliphatic rings. The van der Waals surface area contributed by atoms with E-state index in [9.17, 15) is 13.2 Å². The zero-order valence-corrected chi connectivity index (χ0v) is 11.6. The molecule has 4 rings (SSSR count). The predicted octanol–water partition coefficient (Wildman–Crippen LogP) is 4.18. The van der Waals surface area contributed by atoms with Crippen LogP contribution in [-0.4, -0.2) is 14.8 Å². The van der Waals surface area contributed by atoms with Crippen molar-refractivity contribution in [2.75, 3.05) is 0 Å². The molecule has 1 saturated carbocycles. The van der Waals surface area contributed by atoms with E-state index in [1.54, 1.807) is 18.3 Å². The summed E-state index contributed by atoms with van der Waals surface area (Å²) in [5, 5.41) is 8.13. The van der Waals surface area contributed by atoms with Gasteiger partial charge in [0.15, 0.2) is 11.6 Å². The quantitative estimate of drug-likeness (QED) is 0.726. The Morgan fingerprint density at radius 2 is 1.86 bits per heavy atom. The molecule has 0 bridgehead atoms. The fourth-order valence-corrected chi connectivity index (χ4v) is 2.79. The molecule has 1 aliphatic carbocycles. The maximum absolute atomic E-state index is 13.6. The van der Waals surface area contributed by atoms with Crippen LogP contribution in [-0.2, 0) is 6.67 Å². The van der Waals surface area contributed by atoms with Crippen LogP contribution in [0.2, 0.25) is 0 Å². The number of benzene rings is 1. The number of fused-ring (bicyclic) bond motifs is 1. The van der Waals surface area contributed by atoms with E-state index in [0.29, 0.717) is 16.5 Å². The molecule has 0 amide bonds. The van der Waals surface area contributed by atoms with E-state index in [4.69, 9.17) is 0 Å². The van der Waals surface area contributed by atoms with Crippen molar-refractivity contribution in [1.82, 2.24) is 14.8 Å². The zero-order valence-electron chi connectivity index (χ0n) is 11.6. The van der Waals surface area contributed by atoms with Gasteiger partial charge in [-0.15, -0.1) is 0 Å². The van der Waals surface area contributed by atoms with E-state index in [0.717, 1.165) is 18.5 Å². The van der Waals surface area contributed by atoms with Gasteiger partial charge >= 0.3 is 0 Å². The highest BCUT2D eigenvalue weighted by molar-refractivity contribution is 5.87. The molecule has 22 heavy (non-hydrogen) atoms. The molecule has 3 nitrogen and oxygen atoms in total. The number of nitrogens with zero attached hydrogens (tertiary/aromatic N) is 3. The van der Waals surface area contributed by atoms with Crippen molar-refractivity contribution in [2.45, 2.75) is 25.6 Å². The molecule has 6 heteroatoms. The van der Waals surface area contributed by atoms with Crippen molar-refractivity contribution in [3.05, 3.63) is 47.8 Å². The zero-order chi connectivity index (χ0) is 15.3. The van der Waals surface area contributed by atoms with E-state index in [1.807, 2.05) is 4.57 Å². The van der Waals surface area contributed by atoms with Crippen molar-refractivity contribution in [3.8, 4) is 11.3 Å². The molecule has 2 aromatic heterocycles. The van der Waals surface area contributed by atoms with E-state index in [2.05, 4.69) is 10.2 Å². The Morgan fingerprint density at radius 1 is 1.09 bits per heavy atom. The third-order valence-corrected chi connectivity index (χ3v) is 3.93. The summed E-state index contributed by atoms with van der Waals surface area (Å²) in [6.07, 6.45) is 3.52. The minimum atomic E-state index is -0.871. The number of halogens is 3. The van der Waals surface area contributed by atoms with Gasteiger partial charge in [0.25, 0.3) is 0 Å². The molecule has 0 saturated heterocycles. The Morgan fingerprint density at radius 3 is 2.59 bits per heavy atom. The lowest BCUT2D eigenvalue weighted by atomic mass is 10.2. The standard InChI is InChI=1S/C16H12F3N3/c17-7-11-3-10(8-20-21-11)15-5-9-4-13(18)14(19)6-16(9)22(15)12-1-2-12/h3-6,8,12H,1-2,7H2. The number of aromatic nitrogens is 3. The fraction of sp³-hybridized carbons (Fsp3) is 0.250. The molecule has 1 aromatic carbocycles. The van der Waals surface area contributed by atoms with E-state index < -0.39 is 18.3 Å². The summed E-state index contributed by atoms with van der Waals surface area (Å²) < 4.78 is 41.8. The Bertz CT molecular complexity index is 868. The smallest absolute Gasteiger partial charge is 0.160 e. The summed E-state index contributed by atoms with van der Waals surface area (Å²) in [4.78, 5) is 0. The Kier molecular flexibility index (Phi) is 2.92. The van der Waals surface area contributed by atoms with Gasteiger partial charge in [0.1, 0.15) is 6.67 Å². The highest BCUT2D eigenvalue weighted by atomic mass is 19.2. The second-order valence-corrected chi connectivity index (χ2v) is 5.53. The van der Waals surface area contributed by atoms with Gasteiger partial charge in [0.2, 0.25) is 0 Å². The van der Waals surface area contributed by atoms with E-state index >= 15 is 0 Å². The van der Waals surface area contributed by atoms with Crippen LogP contribution in [0.3, 0.4) is 0 Å². The van der Waals surface area contributed by atoms with Crippen LogP contribution in [0.4, 0.5) is 13.2 Å². The lowest BCUT2D eigenvalue weighted by molar-refractivity contribution is 0.472. The minimum Gasteiger partial charge on any atom is -0.337 e. The third-order valence-electron chi connectivity index (χ3n) is 3.93. The SMILES string of the molecule is FCc1cc(-c2cc3cc(F)c(F)cc3n2C2CC2)cnn1. The second kappa shape index (κ2) is 4.83. The molecule has 0 aliphatic heterocycles. The summed E-state index contributed by atoms with van der Waals surface area (Å²) in [5.41, 5.74) is 2.37. The van der Waals surface area contributed by atoms with Crippen LogP contribution in [0.1, 0.15) is 24.6 Å². The summed E-state index contributed by atoms with van der Waals surface area (Å²) in [6.45, 7) is -0.701. The average Bonchev–Trinajstić information content (AvgIpc) is 3.30. The monoisotopic (exact) mass is 303 g/mol. The third kappa shape index (κ3) is 2.06. The van der Waals surface area contributed by atoms with Crippen LogP contribution in [0, 0.1) is 11.6 Å². The summed E-state index contributed by atoms with van der Waals surface area (Å²) >= 11 is 0. The number of hydrogen-bond acceptors (Lipinski definition) is 2. The van der Waals surface area contributed by atoms with Crippen LogP contribution in [0.25, 0.3) is 22.2 Å². The lowest BCUT2D eigenvalue weighted by Gasteiger charge is -2.09. The molecule has 0 spiro atoms. The summed E-state index contributed by atoms with van der Waals surface area (Å²) in [7, 11) is 0. The van der Waals surface area contributed by atoms with Gasteiger partial charge in [-0.25, -0.2) is 13.2 Å². The van der Waals surface area contributed by atoms with Crippen LogP contribution in [0.15, 0.2) is 30.5 Å². The van der Waals surface area contributed by atoms with Crippen molar-refractivity contribution in [2.24, 2.45) is 0 Å². The van der Waals surface area contributed by atoms with Crippen LogP contribution in [0.5, 0.6) is 0 Å². The highest BCUT2D eigenvalue weighted by Crippen LogP contribution is 2.42. The number of rotatable bonds is 3. The Hall–Kier alpha value is -2.37. The predicted molar refractivity (Wildman–Crippen MR) is 76.0 cm³/mol. The van der Waals surface area contributed by atoms with Gasteiger partial charge in [-0.05, 0) is 31.0 Å². The number of alkyl halides is 1. The minimum absolute atomic E-state index is 0.238. The van der Waals surface area contributed by atoms with Gasteiger partial charge in [-0.1, -0.05) is 0 Å². The molecule has 112 valence electrons. The molecule has 2 heterocycles. The molecular weight excluding hydrogens is 291 g/mol. The van der Waals surface area contributed by atoms with Gasteiger partial charge in [0.05, 0.1) is 23.1 Å².